The van der Waals surface area contributed by atoms with E-state index in [1.165, 1.54) is 25.7 Å². The molecule has 1 fully saturated rings. The van der Waals surface area contributed by atoms with Crippen LogP contribution in [0.3, 0.4) is 0 Å². The molecule has 2 radical (unpaired) electrons. The molecule has 0 nitrogen and oxygen atoms in total. The van der Waals surface area contributed by atoms with Crippen LogP contribution in [-0.4, -0.2) is 0 Å². The maximum absolute atomic E-state index is 3.79. The van der Waals surface area contributed by atoms with E-state index in [0.717, 1.165) is 12.3 Å². The first kappa shape index (κ1) is 6.12. The summed E-state index contributed by atoms with van der Waals surface area (Å²) in [6.07, 6.45) is 9.12. The van der Waals surface area contributed by atoms with Crippen LogP contribution in [0.1, 0.15) is 32.1 Å². The Labute approximate surface area is 52.3 Å². The van der Waals surface area contributed by atoms with Gasteiger partial charge in [0.1, 0.15) is 0 Å². The third-order valence-electron chi connectivity index (χ3n) is 1.90. The summed E-state index contributed by atoms with van der Waals surface area (Å²) in [7, 11) is 0. The summed E-state index contributed by atoms with van der Waals surface area (Å²) in [5.74, 6) is 0.924. The minimum atomic E-state index is 0.924. The third kappa shape index (κ3) is 1.50. The van der Waals surface area contributed by atoms with Crippen molar-refractivity contribution in [2.24, 2.45) is 5.92 Å². The molecule has 0 amide bonds. The molecule has 1 aliphatic rings. The quantitative estimate of drug-likeness (QED) is 0.512. The second-order valence-electron chi connectivity index (χ2n) is 2.57. The number of hydrogen-bond acceptors (Lipinski definition) is 0. The van der Waals surface area contributed by atoms with Crippen molar-refractivity contribution in [2.75, 3.05) is 0 Å². The highest BCUT2D eigenvalue weighted by atomic mass is 14.2. The van der Waals surface area contributed by atoms with Gasteiger partial charge in [0.15, 0.2) is 0 Å². The summed E-state index contributed by atoms with van der Waals surface area (Å²) in [6, 6.07) is 0. The van der Waals surface area contributed by atoms with Gasteiger partial charge in [0.25, 0.3) is 0 Å². The Balaban J connectivity index is 2.06. The van der Waals surface area contributed by atoms with Crippen LogP contribution >= 0.6 is 0 Å². The number of rotatable bonds is 2. The molecular weight excluding hydrogens is 96.1 g/mol. The maximum Gasteiger partial charge on any atom is -0.0355 e. The number of hydrogen-bond donors (Lipinski definition) is 0. The van der Waals surface area contributed by atoms with Crippen LogP contribution in [0.2, 0.25) is 0 Å². The Kier molecular flexibility index (Phi) is 2.38. The van der Waals surface area contributed by atoms with E-state index in [9.17, 15) is 0 Å². The summed E-state index contributed by atoms with van der Waals surface area (Å²) in [6.45, 7) is 3.79. The summed E-state index contributed by atoms with van der Waals surface area (Å²) in [4.78, 5) is 0. The molecule has 0 N–H and O–H groups in total. The average Bonchev–Trinajstić information content (AvgIpc) is 2.19. The van der Waals surface area contributed by atoms with Gasteiger partial charge in [-0.15, -0.1) is 0 Å². The first-order chi connectivity index (χ1) is 3.93. The molecule has 0 spiro atoms. The monoisotopic (exact) mass is 110 g/mol. The van der Waals surface area contributed by atoms with E-state index in [2.05, 4.69) is 13.3 Å². The van der Waals surface area contributed by atoms with Crippen molar-refractivity contribution in [1.29, 1.82) is 0 Å². The lowest BCUT2D eigenvalue weighted by atomic mass is 10.0. The van der Waals surface area contributed by atoms with Crippen molar-refractivity contribution in [2.45, 2.75) is 32.1 Å². The lowest BCUT2D eigenvalue weighted by molar-refractivity contribution is 0.621. The Hall–Kier alpha value is 0. The molecule has 1 saturated carbocycles. The zero-order valence-electron chi connectivity index (χ0n) is 5.40. The van der Waals surface area contributed by atoms with Crippen molar-refractivity contribution in [3.63, 3.8) is 0 Å². The first-order valence-electron chi connectivity index (χ1n) is 3.56. The molecule has 8 heavy (non-hydrogen) atoms. The normalized spacial score (nSPS) is 22.1. The standard InChI is InChI=1S/C8H14/c1-2-5-8-6-3-4-7-8/h5,8H,1-4,6-7H2. The molecule has 0 saturated heterocycles. The molecule has 0 aromatic rings. The SMILES string of the molecule is [CH2]C[CH]C1CCCC1. The maximum atomic E-state index is 3.79. The summed E-state index contributed by atoms with van der Waals surface area (Å²) in [5, 5.41) is 0. The van der Waals surface area contributed by atoms with E-state index in [-0.39, 0.29) is 0 Å². The Morgan fingerprint density at radius 2 is 2.00 bits per heavy atom. The molecule has 0 aliphatic heterocycles. The predicted molar refractivity (Wildman–Crippen MR) is 36.2 cm³/mol. The van der Waals surface area contributed by atoms with Gasteiger partial charge in [-0.05, 0) is 18.8 Å². The predicted octanol–water partition coefficient (Wildman–Crippen LogP) is 2.61. The molecule has 0 unspecified atom stereocenters. The van der Waals surface area contributed by atoms with Crippen LogP contribution in [0.15, 0.2) is 0 Å². The Morgan fingerprint density at radius 1 is 1.38 bits per heavy atom. The topological polar surface area (TPSA) is 0 Å². The molecule has 1 aliphatic carbocycles. The average molecular weight is 110 g/mol. The first-order valence-corrected chi connectivity index (χ1v) is 3.56. The van der Waals surface area contributed by atoms with Gasteiger partial charge in [0, 0.05) is 0 Å². The molecule has 0 aromatic carbocycles. The van der Waals surface area contributed by atoms with Crippen LogP contribution in [0, 0.1) is 19.3 Å². The molecule has 46 valence electrons. The van der Waals surface area contributed by atoms with Crippen LogP contribution in [0.5, 0.6) is 0 Å². The lowest BCUT2D eigenvalue weighted by Gasteiger charge is -2.02. The van der Waals surface area contributed by atoms with Crippen molar-refractivity contribution in [1.82, 2.24) is 0 Å². The van der Waals surface area contributed by atoms with Gasteiger partial charge in [-0.25, -0.2) is 0 Å². The molecule has 0 heteroatoms. The van der Waals surface area contributed by atoms with Gasteiger partial charge in [-0.1, -0.05) is 32.6 Å². The lowest BCUT2D eigenvalue weighted by Crippen LogP contribution is -1.91. The molecule has 0 aromatic heterocycles. The second-order valence-corrected chi connectivity index (χ2v) is 2.57. The minimum Gasteiger partial charge on any atom is -0.0530 e. The van der Waals surface area contributed by atoms with Gasteiger partial charge >= 0.3 is 0 Å². The summed E-state index contributed by atoms with van der Waals surface area (Å²) < 4.78 is 0. The van der Waals surface area contributed by atoms with E-state index < -0.39 is 0 Å². The van der Waals surface area contributed by atoms with Crippen molar-refractivity contribution in [3.8, 4) is 0 Å². The fourth-order valence-corrected chi connectivity index (χ4v) is 1.43. The van der Waals surface area contributed by atoms with Crippen LogP contribution in [-0.2, 0) is 0 Å². The molecule has 0 heterocycles. The fraction of sp³-hybridized carbons (Fsp3) is 0.750. The molecular formula is C8H14. The molecule has 0 bridgehead atoms. The van der Waals surface area contributed by atoms with E-state index >= 15 is 0 Å². The highest BCUT2D eigenvalue weighted by Crippen LogP contribution is 2.27. The van der Waals surface area contributed by atoms with Crippen molar-refractivity contribution >= 4 is 0 Å². The van der Waals surface area contributed by atoms with Crippen molar-refractivity contribution in [3.05, 3.63) is 13.3 Å². The van der Waals surface area contributed by atoms with E-state index in [1.54, 1.807) is 0 Å². The van der Waals surface area contributed by atoms with Gasteiger partial charge in [0.2, 0.25) is 0 Å². The van der Waals surface area contributed by atoms with Crippen LogP contribution in [0.25, 0.3) is 0 Å². The van der Waals surface area contributed by atoms with Crippen LogP contribution < -0.4 is 0 Å². The van der Waals surface area contributed by atoms with Gasteiger partial charge in [0.05, 0.1) is 0 Å². The summed E-state index contributed by atoms with van der Waals surface area (Å²) in [5.41, 5.74) is 0. The zero-order chi connectivity index (χ0) is 5.82. The van der Waals surface area contributed by atoms with Crippen LogP contribution in [0.4, 0.5) is 0 Å². The smallest absolute Gasteiger partial charge is 0.0355 e. The summed E-state index contributed by atoms with van der Waals surface area (Å²) >= 11 is 0. The third-order valence-corrected chi connectivity index (χ3v) is 1.90. The van der Waals surface area contributed by atoms with Gasteiger partial charge in [-0.3, -0.25) is 0 Å². The van der Waals surface area contributed by atoms with E-state index in [1.807, 2.05) is 0 Å². The van der Waals surface area contributed by atoms with Crippen molar-refractivity contribution < 1.29 is 0 Å². The fourth-order valence-electron chi connectivity index (χ4n) is 1.43. The highest BCUT2D eigenvalue weighted by Gasteiger charge is 2.12. The van der Waals surface area contributed by atoms with Gasteiger partial charge in [-0.2, -0.15) is 0 Å². The second kappa shape index (κ2) is 3.11. The Morgan fingerprint density at radius 3 is 2.50 bits per heavy atom. The largest absolute Gasteiger partial charge is 0.0530 e. The van der Waals surface area contributed by atoms with E-state index in [0.29, 0.717) is 0 Å². The van der Waals surface area contributed by atoms with Gasteiger partial charge < -0.3 is 0 Å². The van der Waals surface area contributed by atoms with E-state index in [4.69, 9.17) is 0 Å². The molecule has 0 atom stereocenters. The minimum absolute atomic E-state index is 0.924. The Bertz CT molecular complexity index is 51.1. The zero-order valence-corrected chi connectivity index (χ0v) is 5.40. The molecule has 1 rings (SSSR count). The highest BCUT2D eigenvalue weighted by molar-refractivity contribution is 4.80.